The number of aliphatic carboxylic acids is 1. The van der Waals surface area contributed by atoms with Gasteiger partial charge in [-0.2, -0.15) is 12.7 Å². The first kappa shape index (κ1) is 14.4. The maximum Gasteiger partial charge on any atom is 0.304 e. The Bertz CT molecular complexity index is 379. The van der Waals surface area contributed by atoms with Crippen LogP contribution in [-0.4, -0.2) is 55.6 Å². The summed E-state index contributed by atoms with van der Waals surface area (Å²) < 4.78 is 32.6. The lowest BCUT2D eigenvalue weighted by atomic mass is 10.1. The second-order valence-electron chi connectivity index (χ2n) is 4.48. The van der Waals surface area contributed by atoms with Gasteiger partial charge in [-0.05, 0) is 13.8 Å². The third-order valence-electron chi connectivity index (χ3n) is 2.35. The van der Waals surface area contributed by atoms with Crippen molar-refractivity contribution >= 4 is 16.2 Å². The number of hydrogen-bond acceptors (Lipinski definition) is 4. The molecule has 1 saturated heterocycles. The highest BCUT2D eigenvalue weighted by molar-refractivity contribution is 7.87. The predicted molar refractivity (Wildman–Crippen MR) is 60.8 cm³/mol. The first-order valence-corrected chi connectivity index (χ1v) is 6.77. The van der Waals surface area contributed by atoms with Crippen LogP contribution < -0.4 is 4.72 Å². The minimum absolute atomic E-state index is 0.102. The van der Waals surface area contributed by atoms with Crippen LogP contribution in [0.5, 0.6) is 0 Å². The molecule has 0 aliphatic carbocycles. The average Bonchev–Trinajstić information content (AvgIpc) is 2.15. The van der Waals surface area contributed by atoms with Crippen LogP contribution in [0.3, 0.4) is 0 Å². The van der Waals surface area contributed by atoms with Crippen LogP contribution in [0, 0.1) is 0 Å². The molecule has 2 N–H and O–H groups in total. The molecule has 1 rings (SSSR count). The standard InChI is InChI=1S/C9H18N2O5S/c1-9(2)7-11(5-6-16-9)17(14,15)10-4-3-8(12)13/h10H,3-7H2,1-2H3,(H,12,13). The molecule has 0 bridgehead atoms. The van der Waals surface area contributed by atoms with Crippen LogP contribution in [-0.2, 0) is 19.7 Å². The summed E-state index contributed by atoms with van der Waals surface area (Å²) in [6.07, 6.45) is -0.229. The zero-order valence-corrected chi connectivity index (χ0v) is 10.8. The van der Waals surface area contributed by atoms with Crippen molar-refractivity contribution in [1.29, 1.82) is 0 Å². The van der Waals surface area contributed by atoms with Crippen molar-refractivity contribution in [3.8, 4) is 0 Å². The average molecular weight is 266 g/mol. The van der Waals surface area contributed by atoms with E-state index in [0.717, 1.165) is 0 Å². The number of carboxylic acid groups (broad SMARTS) is 1. The number of carbonyl (C=O) groups is 1. The molecule has 100 valence electrons. The summed E-state index contributed by atoms with van der Waals surface area (Å²) in [4.78, 5) is 10.3. The van der Waals surface area contributed by atoms with Gasteiger partial charge in [-0.25, -0.2) is 4.72 Å². The molecule has 0 amide bonds. The second-order valence-corrected chi connectivity index (χ2v) is 6.24. The quantitative estimate of drug-likeness (QED) is 0.693. The van der Waals surface area contributed by atoms with Crippen molar-refractivity contribution in [2.24, 2.45) is 0 Å². The largest absolute Gasteiger partial charge is 0.481 e. The minimum Gasteiger partial charge on any atom is -0.481 e. The van der Waals surface area contributed by atoms with Crippen LogP contribution >= 0.6 is 0 Å². The zero-order valence-electron chi connectivity index (χ0n) is 9.97. The molecule has 1 fully saturated rings. The van der Waals surface area contributed by atoms with Crippen molar-refractivity contribution in [2.45, 2.75) is 25.9 Å². The van der Waals surface area contributed by atoms with Crippen molar-refractivity contribution in [3.63, 3.8) is 0 Å². The van der Waals surface area contributed by atoms with Crippen LogP contribution in [0.1, 0.15) is 20.3 Å². The third kappa shape index (κ3) is 4.58. The Balaban J connectivity index is 2.55. The summed E-state index contributed by atoms with van der Waals surface area (Å²) in [5.41, 5.74) is -0.514. The summed E-state index contributed by atoms with van der Waals surface area (Å²) in [5.74, 6) is -1.03. The van der Waals surface area contributed by atoms with Gasteiger partial charge >= 0.3 is 5.97 Å². The Kier molecular flexibility index (Phi) is 4.48. The minimum atomic E-state index is -3.61. The summed E-state index contributed by atoms with van der Waals surface area (Å²) in [6.45, 7) is 4.40. The van der Waals surface area contributed by atoms with Crippen LogP contribution in [0.4, 0.5) is 0 Å². The first-order valence-electron chi connectivity index (χ1n) is 5.33. The van der Waals surface area contributed by atoms with Gasteiger partial charge in [0.2, 0.25) is 0 Å². The van der Waals surface area contributed by atoms with Gasteiger partial charge in [0, 0.05) is 19.6 Å². The van der Waals surface area contributed by atoms with E-state index in [2.05, 4.69) is 4.72 Å². The second kappa shape index (κ2) is 5.30. The van der Waals surface area contributed by atoms with E-state index in [1.807, 2.05) is 13.8 Å². The van der Waals surface area contributed by atoms with Gasteiger partial charge in [-0.1, -0.05) is 0 Å². The fourth-order valence-corrected chi connectivity index (χ4v) is 2.89. The van der Waals surface area contributed by atoms with Gasteiger partial charge in [0.1, 0.15) is 0 Å². The van der Waals surface area contributed by atoms with E-state index >= 15 is 0 Å². The molecule has 17 heavy (non-hydrogen) atoms. The summed E-state index contributed by atoms with van der Waals surface area (Å²) in [7, 11) is -3.61. The fourth-order valence-electron chi connectivity index (χ4n) is 1.56. The Morgan fingerprint density at radius 2 is 2.18 bits per heavy atom. The van der Waals surface area contributed by atoms with Gasteiger partial charge in [0.15, 0.2) is 0 Å². The summed E-state index contributed by atoms with van der Waals surface area (Å²) in [5, 5.41) is 8.44. The van der Waals surface area contributed by atoms with E-state index in [1.54, 1.807) is 0 Å². The lowest BCUT2D eigenvalue weighted by Gasteiger charge is -2.37. The van der Waals surface area contributed by atoms with Gasteiger partial charge in [-0.15, -0.1) is 0 Å². The van der Waals surface area contributed by atoms with E-state index in [-0.39, 0.29) is 26.1 Å². The van der Waals surface area contributed by atoms with Crippen LogP contribution in [0.2, 0.25) is 0 Å². The number of ether oxygens (including phenoxy) is 1. The SMILES string of the molecule is CC1(C)CN(S(=O)(=O)NCCC(=O)O)CCO1. The Labute approximate surface area is 101 Å². The topological polar surface area (TPSA) is 95.9 Å². The van der Waals surface area contributed by atoms with Crippen molar-refractivity contribution in [1.82, 2.24) is 9.03 Å². The lowest BCUT2D eigenvalue weighted by molar-refractivity contribution is -0.136. The van der Waals surface area contributed by atoms with Crippen molar-refractivity contribution < 1.29 is 23.1 Å². The maximum atomic E-state index is 11.8. The molecule has 0 radical (unpaired) electrons. The fraction of sp³-hybridized carbons (Fsp3) is 0.889. The summed E-state index contributed by atoms with van der Waals surface area (Å²) in [6, 6.07) is 0. The maximum absolute atomic E-state index is 11.8. The lowest BCUT2D eigenvalue weighted by Crippen LogP contribution is -2.53. The third-order valence-corrected chi connectivity index (χ3v) is 3.91. The van der Waals surface area contributed by atoms with E-state index < -0.39 is 21.8 Å². The number of morpholine rings is 1. The molecule has 0 atom stereocenters. The molecule has 0 saturated carbocycles. The van der Waals surface area contributed by atoms with Gasteiger partial charge < -0.3 is 9.84 Å². The number of nitrogens with zero attached hydrogens (tertiary/aromatic N) is 1. The zero-order chi connectivity index (χ0) is 13.1. The molecule has 8 heteroatoms. The van der Waals surface area contributed by atoms with Gasteiger partial charge in [0.25, 0.3) is 10.2 Å². The number of nitrogens with one attached hydrogen (secondary N) is 1. The van der Waals surface area contributed by atoms with E-state index in [0.29, 0.717) is 6.61 Å². The van der Waals surface area contributed by atoms with Crippen LogP contribution in [0.25, 0.3) is 0 Å². The molecular formula is C9H18N2O5S. The number of hydrogen-bond donors (Lipinski definition) is 2. The molecule has 0 aromatic heterocycles. The molecule has 0 spiro atoms. The molecular weight excluding hydrogens is 248 g/mol. The predicted octanol–water partition coefficient (Wildman–Crippen LogP) is -0.594. The Morgan fingerprint density at radius 3 is 2.71 bits per heavy atom. The molecule has 1 aliphatic rings. The Hall–Kier alpha value is -0.700. The highest BCUT2D eigenvalue weighted by Gasteiger charge is 2.33. The summed E-state index contributed by atoms with van der Waals surface area (Å²) >= 11 is 0. The van der Waals surface area contributed by atoms with Crippen molar-refractivity contribution in [2.75, 3.05) is 26.2 Å². The van der Waals surface area contributed by atoms with E-state index in [9.17, 15) is 13.2 Å². The highest BCUT2D eigenvalue weighted by atomic mass is 32.2. The van der Waals surface area contributed by atoms with Crippen molar-refractivity contribution in [3.05, 3.63) is 0 Å². The van der Waals surface area contributed by atoms with Crippen LogP contribution in [0.15, 0.2) is 0 Å². The molecule has 1 aliphatic heterocycles. The molecule has 0 aromatic rings. The number of rotatable bonds is 5. The highest BCUT2D eigenvalue weighted by Crippen LogP contribution is 2.18. The molecule has 0 unspecified atom stereocenters. The number of carboxylic acids is 1. The smallest absolute Gasteiger partial charge is 0.304 e. The van der Waals surface area contributed by atoms with Gasteiger partial charge in [0.05, 0.1) is 18.6 Å². The molecule has 1 heterocycles. The molecule has 0 aromatic carbocycles. The normalized spacial score (nSPS) is 21.3. The Morgan fingerprint density at radius 1 is 1.53 bits per heavy atom. The van der Waals surface area contributed by atoms with E-state index in [4.69, 9.17) is 9.84 Å². The first-order chi connectivity index (χ1) is 7.73. The van der Waals surface area contributed by atoms with Gasteiger partial charge in [-0.3, -0.25) is 4.79 Å². The van der Waals surface area contributed by atoms with E-state index in [1.165, 1.54) is 4.31 Å². The monoisotopic (exact) mass is 266 g/mol. The molecule has 7 nitrogen and oxygen atoms in total.